The van der Waals surface area contributed by atoms with Gasteiger partial charge in [-0.2, -0.15) is 18.3 Å². The number of ether oxygens (including phenoxy) is 1. The predicted octanol–water partition coefficient (Wildman–Crippen LogP) is 3.49. The van der Waals surface area contributed by atoms with Crippen molar-refractivity contribution in [2.24, 2.45) is 5.73 Å². The van der Waals surface area contributed by atoms with Gasteiger partial charge in [0.2, 0.25) is 0 Å². The minimum Gasteiger partial charge on any atom is -0.459 e. The standard InChI is InChI=1S/C21H18F4N4O3/c1-11-19(20(26)31)17(10-32-12(2)30)29(28-11)18-8-13(3-4-27-18)5-14-6-15(21(23,24)25)9-16(22)7-14/h3-4,6-9H,5,10H2,1-2H3,(H2,26,31). The highest BCUT2D eigenvalue weighted by Gasteiger charge is 2.31. The molecule has 0 aliphatic rings. The molecule has 0 saturated carbocycles. The van der Waals surface area contributed by atoms with Gasteiger partial charge in [-0.25, -0.2) is 14.1 Å². The molecule has 2 heterocycles. The maximum Gasteiger partial charge on any atom is 0.416 e. The Labute approximate surface area is 179 Å². The van der Waals surface area contributed by atoms with Crippen LogP contribution in [0, 0.1) is 12.7 Å². The van der Waals surface area contributed by atoms with Gasteiger partial charge in [-0.05, 0) is 54.8 Å². The summed E-state index contributed by atoms with van der Waals surface area (Å²) in [7, 11) is 0. The number of carbonyl (C=O) groups excluding carboxylic acids is 2. The van der Waals surface area contributed by atoms with Crippen molar-refractivity contribution in [1.82, 2.24) is 14.8 Å². The number of aryl methyl sites for hydroxylation is 1. The molecule has 0 fully saturated rings. The molecular formula is C21H18F4N4O3. The van der Waals surface area contributed by atoms with Crippen LogP contribution in [0.4, 0.5) is 17.6 Å². The Morgan fingerprint density at radius 3 is 2.50 bits per heavy atom. The number of nitrogens with two attached hydrogens (primary N) is 1. The van der Waals surface area contributed by atoms with E-state index < -0.39 is 29.4 Å². The third-order valence-electron chi connectivity index (χ3n) is 4.53. The number of carbonyl (C=O) groups is 2. The van der Waals surface area contributed by atoms with Crippen molar-refractivity contribution in [2.75, 3.05) is 0 Å². The summed E-state index contributed by atoms with van der Waals surface area (Å²) in [5.41, 5.74) is 5.52. The first-order valence-electron chi connectivity index (χ1n) is 9.29. The van der Waals surface area contributed by atoms with Crippen molar-refractivity contribution in [2.45, 2.75) is 33.1 Å². The number of hydrogen-bond donors (Lipinski definition) is 1. The molecule has 0 spiro atoms. The number of primary amides is 1. The van der Waals surface area contributed by atoms with E-state index in [0.717, 1.165) is 12.1 Å². The lowest BCUT2D eigenvalue weighted by atomic mass is 10.0. The maximum atomic E-state index is 13.7. The minimum absolute atomic E-state index is 0.0153. The number of benzene rings is 1. The molecule has 0 unspecified atom stereocenters. The van der Waals surface area contributed by atoms with E-state index in [-0.39, 0.29) is 41.4 Å². The molecule has 0 aliphatic heterocycles. The molecule has 0 atom stereocenters. The lowest BCUT2D eigenvalue weighted by Crippen LogP contribution is -2.16. The van der Waals surface area contributed by atoms with Crippen LogP contribution in [0.25, 0.3) is 5.82 Å². The van der Waals surface area contributed by atoms with Crippen LogP contribution in [0.2, 0.25) is 0 Å². The Kier molecular flexibility index (Phi) is 6.28. The second-order valence-electron chi connectivity index (χ2n) is 7.01. The zero-order chi connectivity index (χ0) is 23.6. The molecule has 1 aromatic carbocycles. The second-order valence-corrected chi connectivity index (χ2v) is 7.01. The maximum absolute atomic E-state index is 13.7. The number of hydrogen-bond acceptors (Lipinski definition) is 5. The quantitative estimate of drug-likeness (QED) is 0.458. The zero-order valence-electron chi connectivity index (χ0n) is 17.0. The van der Waals surface area contributed by atoms with Crippen molar-refractivity contribution >= 4 is 11.9 Å². The third kappa shape index (κ3) is 5.10. The Morgan fingerprint density at radius 1 is 1.16 bits per heavy atom. The van der Waals surface area contributed by atoms with Crippen LogP contribution in [-0.2, 0) is 28.7 Å². The molecule has 7 nitrogen and oxygen atoms in total. The third-order valence-corrected chi connectivity index (χ3v) is 4.53. The summed E-state index contributed by atoms with van der Waals surface area (Å²) in [6.07, 6.45) is -3.30. The van der Waals surface area contributed by atoms with Crippen molar-refractivity contribution in [3.63, 3.8) is 0 Å². The fourth-order valence-electron chi connectivity index (χ4n) is 3.23. The molecule has 0 aliphatic carbocycles. The van der Waals surface area contributed by atoms with Crippen molar-refractivity contribution < 1.29 is 31.9 Å². The molecule has 0 bridgehead atoms. The average Bonchev–Trinajstić information content (AvgIpc) is 3.02. The molecule has 3 aromatic rings. The molecule has 2 aromatic heterocycles. The van der Waals surface area contributed by atoms with Gasteiger partial charge < -0.3 is 10.5 Å². The van der Waals surface area contributed by atoms with Crippen molar-refractivity contribution in [3.8, 4) is 5.82 Å². The van der Waals surface area contributed by atoms with Crippen LogP contribution < -0.4 is 5.73 Å². The summed E-state index contributed by atoms with van der Waals surface area (Å²) in [5, 5.41) is 4.24. The smallest absolute Gasteiger partial charge is 0.416 e. The fourth-order valence-corrected chi connectivity index (χ4v) is 3.23. The number of esters is 1. The number of pyridine rings is 1. The lowest BCUT2D eigenvalue weighted by Gasteiger charge is -2.11. The normalized spacial score (nSPS) is 11.4. The van der Waals surface area contributed by atoms with E-state index >= 15 is 0 Å². The van der Waals surface area contributed by atoms with E-state index in [2.05, 4.69) is 10.1 Å². The summed E-state index contributed by atoms with van der Waals surface area (Å²) in [6.45, 7) is 2.45. The molecule has 3 rings (SSSR count). The van der Waals surface area contributed by atoms with Gasteiger partial charge in [-0.3, -0.25) is 9.59 Å². The van der Waals surface area contributed by atoms with E-state index in [4.69, 9.17) is 10.5 Å². The first kappa shape index (κ1) is 22.9. The number of alkyl halides is 3. The number of halogens is 4. The Morgan fingerprint density at radius 2 is 1.88 bits per heavy atom. The van der Waals surface area contributed by atoms with Crippen molar-refractivity contribution in [1.29, 1.82) is 0 Å². The van der Waals surface area contributed by atoms with Gasteiger partial charge in [-0.15, -0.1) is 0 Å². The van der Waals surface area contributed by atoms with Gasteiger partial charge in [0, 0.05) is 13.1 Å². The summed E-state index contributed by atoms with van der Waals surface area (Å²) < 4.78 is 59.0. The van der Waals surface area contributed by atoms with Crippen LogP contribution in [0.3, 0.4) is 0 Å². The topological polar surface area (TPSA) is 100 Å². The van der Waals surface area contributed by atoms with E-state index in [0.29, 0.717) is 11.6 Å². The first-order valence-corrected chi connectivity index (χ1v) is 9.29. The molecule has 2 N–H and O–H groups in total. The predicted molar refractivity (Wildman–Crippen MR) is 104 cm³/mol. The molecule has 0 saturated heterocycles. The first-order chi connectivity index (χ1) is 15.0. The molecule has 0 radical (unpaired) electrons. The van der Waals surface area contributed by atoms with Crippen molar-refractivity contribution in [3.05, 3.63) is 76.0 Å². The Bertz CT molecular complexity index is 1190. The zero-order valence-corrected chi connectivity index (χ0v) is 17.0. The number of aromatic nitrogens is 3. The second kappa shape index (κ2) is 8.77. The summed E-state index contributed by atoms with van der Waals surface area (Å²) >= 11 is 0. The number of nitrogens with zero attached hydrogens (tertiary/aromatic N) is 3. The van der Waals surface area contributed by atoms with Gasteiger partial charge in [0.1, 0.15) is 12.4 Å². The lowest BCUT2D eigenvalue weighted by molar-refractivity contribution is -0.142. The number of amides is 1. The van der Waals surface area contributed by atoms with Crippen LogP contribution in [0.5, 0.6) is 0 Å². The van der Waals surface area contributed by atoms with Gasteiger partial charge in [0.25, 0.3) is 5.91 Å². The van der Waals surface area contributed by atoms with Gasteiger partial charge in [0.05, 0.1) is 22.5 Å². The molecule has 11 heteroatoms. The number of rotatable bonds is 6. The van der Waals surface area contributed by atoms with Gasteiger partial charge in [0.15, 0.2) is 5.82 Å². The Hall–Kier alpha value is -3.76. The minimum atomic E-state index is -4.68. The van der Waals surface area contributed by atoms with Crippen LogP contribution in [0.15, 0.2) is 36.5 Å². The monoisotopic (exact) mass is 450 g/mol. The largest absolute Gasteiger partial charge is 0.459 e. The molecular weight excluding hydrogens is 432 g/mol. The van der Waals surface area contributed by atoms with Crippen LogP contribution in [0.1, 0.15) is 45.4 Å². The van der Waals surface area contributed by atoms with Gasteiger partial charge in [-0.1, -0.05) is 0 Å². The molecule has 32 heavy (non-hydrogen) atoms. The fraction of sp³-hybridized carbons (Fsp3) is 0.238. The average molecular weight is 450 g/mol. The summed E-state index contributed by atoms with van der Waals surface area (Å²) in [6, 6.07) is 5.40. The van der Waals surface area contributed by atoms with E-state index in [1.165, 1.54) is 23.9 Å². The van der Waals surface area contributed by atoms with E-state index in [1.54, 1.807) is 13.0 Å². The van der Waals surface area contributed by atoms with Crippen LogP contribution in [-0.4, -0.2) is 26.6 Å². The Balaban J connectivity index is 2.00. The van der Waals surface area contributed by atoms with E-state index in [1.807, 2.05) is 0 Å². The summed E-state index contributed by atoms with van der Waals surface area (Å²) in [4.78, 5) is 27.3. The SMILES string of the molecule is CC(=O)OCc1c(C(N)=O)c(C)nn1-c1cc(Cc2cc(F)cc(C(F)(F)F)c2)ccn1. The van der Waals surface area contributed by atoms with Gasteiger partial charge >= 0.3 is 12.1 Å². The highest BCUT2D eigenvalue weighted by atomic mass is 19.4. The molecule has 168 valence electrons. The summed E-state index contributed by atoms with van der Waals surface area (Å²) in [5.74, 6) is -2.14. The highest BCUT2D eigenvalue weighted by Crippen LogP contribution is 2.31. The highest BCUT2D eigenvalue weighted by molar-refractivity contribution is 5.95. The molecule has 1 amide bonds. The van der Waals surface area contributed by atoms with E-state index in [9.17, 15) is 27.2 Å². The van der Waals surface area contributed by atoms with Crippen LogP contribution >= 0.6 is 0 Å².